The molecule has 3 aliphatic heterocycles. The van der Waals surface area contributed by atoms with Gasteiger partial charge in [0.2, 0.25) is 23.6 Å². The highest BCUT2D eigenvalue weighted by atomic mass is 16.4. The molecule has 3 heterocycles. The minimum Gasteiger partial charge on any atom is -0.480 e. The minimum absolute atomic E-state index is 0.0147. The maximum absolute atomic E-state index is 14.3. The zero-order valence-electron chi connectivity index (χ0n) is 33.3. The summed E-state index contributed by atoms with van der Waals surface area (Å²) >= 11 is 0. The molecule has 4 amide bonds. The number of carbonyl (C=O) groups excluding carboxylic acids is 4. The molecule has 5 rings (SSSR count). The second-order valence-corrected chi connectivity index (χ2v) is 16.4. The van der Waals surface area contributed by atoms with E-state index in [0.29, 0.717) is 38.3 Å². The first-order valence-corrected chi connectivity index (χ1v) is 19.9. The topological polar surface area (TPSA) is 186 Å². The molecule has 0 radical (unpaired) electrons. The number of carbonyl (C=O) groups is 5. The highest BCUT2D eigenvalue weighted by Gasteiger charge is 2.47. The summed E-state index contributed by atoms with van der Waals surface area (Å²) in [7, 11) is 0. The van der Waals surface area contributed by atoms with E-state index < -0.39 is 47.4 Å². The van der Waals surface area contributed by atoms with Gasteiger partial charge in [-0.15, -0.1) is 0 Å². The molecule has 6 atom stereocenters. The van der Waals surface area contributed by atoms with Crippen LogP contribution in [0.25, 0.3) is 0 Å². The number of unbranched alkanes of at least 4 members (excludes halogenated alkanes) is 1. The summed E-state index contributed by atoms with van der Waals surface area (Å²) in [6.45, 7) is 12.3. The molecule has 0 aromatic heterocycles. The third kappa shape index (κ3) is 13.1. The number of hydrogen-bond acceptors (Lipinski definition) is 8. The lowest BCUT2D eigenvalue weighted by atomic mass is 9.87. The number of aliphatic carboxylic acids is 1. The predicted molar refractivity (Wildman–Crippen MR) is 213 cm³/mol. The molecule has 55 heavy (non-hydrogen) atoms. The number of benzene rings is 2. The van der Waals surface area contributed by atoms with Gasteiger partial charge in [-0.2, -0.15) is 0 Å². The van der Waals surface area contributed by atoms with Crippen LogP contribution in [-0.4, -0.2) is 113 Å². The smallest absolute Gasteiger partial charge is 0.317 e. The Morgan fingerprint density at radius 3 is 2.04 bits per heavy atom. The van der Waals surface area contributed by atoms with E-state index in [0.717, 1.165) is 37.1 Å². The molecule has 0 spiro atoms. The van der Waals surface area contributed by atoms with E-state index in [1.165, 1.54) is 0 Å². The Morgan fingerprint density at radius 2 is 1.45 bits per heavy atom. The van der Waals surface area contributed by atoms with Gasteiger partial charge < -0.3 is 37.0 Å². The Labute approximate surface area is 326 Å². The number of rotatable bonds is 22. The van der Waals surface area contributed by atoms with Crippen molar-refractivity contribution in [1.29, 1.82) is 0 Å². The summed E-state index contributed by atoms with van der Waals surface area (Å²) in [5.74, 6) is -2.05. The molecule has 0 aliphatic carbocycles. The van der Waals surface area contributed by atoms with Crippen LogP contribution in [0.3, 0.4) is 0 Å². The van der Waals surface area contributed by atoms with Crippen molar-refractivity contribution in [1.82, 2.24) is 31.1 Å². The molecule has 0 saturated carbocycles. The van der Waals surface area contributed by atoms with Crippen molar-refractivity contribution in [2.75, 3.05) is 32.7 Å². The zero-order chi connectivity index (χ0) is 40.1. The van der Waals surface area contributed by atoms with E-state index in [1.807, 2.05) is 79.4 Å². The summed E-state index contributed by atoms with van der Waals surface area (Å²) in [5, 5.41) is 21.7. The van der Waals surface area contributed by atoms with Gasteiger partial charge >= 0.3 is 5.97 Å². The monoisotopic (exact) mass is 761 g/mol. The Hall–Kier alpha value is -4.33. The number of piperazine rings is 1. The number of fused-ring (bicyclic) bond motifs is 2. The van der Waals surface area contributed by atoms with Crippen molar-refractivity contribution < 1.29 is 29.1 Å². The van der Waals surface area contributed by atoms with Gasteiger partial charge in [0.05, 0.1) is 12.6 Å². The van der Waals surface area contributed by atoms with E-state index in [9.17, 15) is 29.1 Å². The van der Waals surface area contributed by atoms with Crippen molar-refractivity contribution in [2.45, 2.75) is 115 Å². The normalized spacial score (nSPS) is 19.5. The molecular weight excluding hydrogens is 699 g/mol. The number of hydrogen-bond donors (Lipinski definition) is 6. The largest absolute Gasteiger partial charge is 0.480 e. The van der Waals surface area contributed by atoms with E-state index in [2.05, 4.69) is 35.1 Å². The fraction of sp³-hybridized carbons (Fsp3) is 0.595. The number of piperidine rings is 1. The number of nitrogens with one attached hydrogen (secondary N) is 4. The van der Waals surface area contributed by atoms with Crippen LogP contribution in [0.1, 0.15) is 77.8 Å². The molecule has 2 bridgehead atoms. The van der Waals surface area contributed by atoms with Crippen LogP contribution in [0.2, 0.25) is 0 Å². The lowest BCUT2D eigenvalue weighted by Gasteiger charge is -2.56. The van der Waals surface area contributed by atoms with Gasteiger partial charge in [0.15, 0.2) is 0 Å². The number of amides is 4. The molecule has 7 N–H and O–H groups in total. The first-order valence-electron chi connectivity index (χ1n) is 19.9. The third-order valence-corrected chi connectivity index (χ3v) is 10.5. The first kappa shape index (κ1) is 43.4. The highest BCUT2D eigenvalue weighted by molar-refractivity contribution is 5.97. The van der Waals surface area contributed by atoms with Gasteiger partial charge in [-0.05, 0) is 81.5 Å². The van der Waals surface area contributed by atoms with Crippen LogP contribution in [0.5, 0.6) is 0 Å². The molecule has 3 aliphatic rings. The second-order valence-electron chi connectivity index (χ2n) is 16.4. The molecule has 6 unspecified atom stereocenters. The van der Waals surface area contributed by atoms with Crippen LogP contribution >= 0.6 is 0 Å². The van der Waals surface area contributed by atoms with Crippen LogP contribution < -0.4 is 27.0 Å². The summed E-state index contributed by atoms with van der Waals surface area (Å²) in [4.78, 5) is 71.3. The lowest BCUT2D eigenvalue weighted by molar-refractivity contribution is -0.154. The van der Waals surface area contributed by atoms with Crippen LogP contribution in [0, 0.1) is 11.8 Å². The molecule has 3 saturated heterocycles. The summed E-state index contributed by atoms with van der Waals surface area (Å²) in [6, 6.07) is 16.0. The molecule has 2 aromatic rings. The third-order valence-electron chi connectivity index (χ3n) is 10.5. The highest BCUT2D eigenvalue weighted by Crippen LogP contribution is 2.32. The Balaban J connectivity index is 1.50. The molecule has 13 nitrogen and oxygen atoms in total. The second kappa shape index (κ2) is 20.5. The SMILES string of the molecule is CC(C)CNCCCCC(NC(=O)C(CC(C)C)NC(=O)C(C)(Cc1ccccc1)NC(=O)C(N)Cc1ccccc1)C(=O)N1CC2CC(C1)N2CC(=O)O. The van der Waals surface area contributed by atoms with Gasteiger partial charge in [-0.3, -0.25) is 28.9 Å². The van der Waals surface area contributed by atoms with Gasteiger partial charge in [-0.1, -0.05) is 88.4 Å². The van der Waals surface area contributed by atoms with Crippen molar-refractivity contribution in [2.24, 2.45) is 17.6 Å². The summed E-state index contributed by atoms with van der Waals surface area (Å²) in [6.07, 6.45) is 3.52. The zero-order valence-corrected chi connectivity index (χ0v) is 33.3. The Bertz CT molecular complexity index is 1560. The predicted octanol–water partition coefficient (Wildman–Crippen LogP) is 2.48. The average molecular weight is 762 g/mol. The Morgan fingerprint density at radius 1 is 0.836 bits per heavy atom. The molecule has 3 fully saturated rings. The van der Waals surface area contributed by atoms with Crippen LogP contribution in [-0.2, 0) is 36.8 Å². The van der Waals surface area contributed by atoms with E-state index in [1.54, 1.807) is 11.8 Å². The summed E-state index contributed by atoms with van der Waals surface area (Å²) in [5.41, 5.74) is 6.60. The van der Waals surface area contributed by atoms with E-state index in [-0.39, 0.29) is 43.3 Å². The fourth-order valence-electron chi connectivity index (χ4n) is 7.55. The molecular formula is C42H63N7O6. The lowest BCUT2D eigenvalue weighted by Crippen LogP contribution is -2.71. The van der Waals surface area contributed by atoms with E-state index in [4.69, 9.17) is 5.73 Å². The molecule has 2 aromatic carbocycles. The maximum atomic E-state index is 14.3. The Kier molecular flexibility index (Phi) is 16.2. The molecule has 302 valence electrons. The van der Waals surface area contributed by atoms with Crippen LogP contribution in [0.15, 0.2) is 60.7 Å². The van der Waals surface area contributed by atoms with Gasteiger partial charge in [0, 0.05) is 31.6 Å². The number of carboxylic acids is 1. The summed E-state index contributed by atoms with van der Waals surface area (Å²) < 4.78 is 0. The number of nitrogens with zero attached hydrogens (tertiary/aromatic N) is 2. The molecule has 13 heteroatoms. The van der Waals surface area contributed by atoms with E-state index >= 15 is 0 Å². The van der Waals surface area contributed by atoms with Crippen LogP contribution in [0.4, 0.5) is 0 Å². The number of carboxylic acid groups (broad SMARTS) is 1. The minimum atomic E-state index is -1.46. The first-order chi connectivity index (χ1) is 26.1. The fourth-order valence-corrected chi connectivity index (χ4v) is 7.55. The van der Waals surface area contributed by atoms with Gasteiger partial charge in [0.25, 0.3) is 0 Å². The van der Waals surface area contributed by atoms with Crippen molar-refractivity contribution in [3.05, 3.63) is 71.8 Å². The average Bonchev–Trinajstić information content (AvgIpc) is 3.14. The standard InChI is InChI=1S/C42H63N7O6/c1-28(2)20-36(46-41(55)42(5,23-31-16-10-7-11-17-31)47-38(52)34(43)21-30-14-8-6-9-15-30)39(53)45-35(18-12-13-19-44-24-29(3)4)40(54)48-25-32-22-33(26-48)49(32)27-37(50)51/h6-11,14-17,28-29,32-36,44H,12-13,18-27,43H2,1-5H3,(H,45,53)(H,46,55)(H,47,52)(H,50,51). The maximum Gasteiger partial charge on any atom is 0.317 e. The number of nitrogens with two attached hydrogens (primary N) is 1. The van der Waals surface area contributed by atoms with Gasteiger partial charge in [-0.25, -0.2) is 0 Å². The van der Waals surface area contributed by atoms with Crippen molar-refractivity contribution >= 4 is 29.6 Å². The quantitative estimate of drug-likeness (QED) is 0.0982. The van der Waals surface area contributed by atoms with Crippen molar-refractivity contribution in [3.63, 3.8) is 0 Å². The van der Waals surface area contributed by atoms with Crippen molar-refractivity contribution in [3.8, 4) is 0 Å². The van der Waals surface area contributed by atoms with Gasteiger partial charge in [0.1, 0.15) is 17.6 Å².